The van der Waals surface area contributed by atoms with E-state index in [-0.39, 0.29) is 12.2 Å². The normalized spacial score (nSPS) is 26.8. The minimum Gasteiger partial charge on any atom is -0.508 e. The van der Waals surface area contributed by atoms with E-state index in [0.717, 1.165) is 44.5 Å². The summed E-state index contributed by atoms with van der Waals surface area (Å²) in [5.41, 5.74) is 2.33. The number of rotatable bonds is 4. The van der Waals surface area contributed by atoms with E-state index in [1.165, 1.54) is 5.56 Å². The Morgan fingerprint density at radius 3 is 3.00 bits per heavy atom. The highest BCUT2D eigenvalue weighted by molar-refractivity contribution is 5.42. The van der Waals surface area contributed by atoms with Crippen molar-refractivity contribution in [3.05, 3.63) is 47.8 Å². The SMILES string of the molecule is CCCN1C[C@H](Cn2cccn2)O[C@@H]2Cc3c(O)cccc3C[C@H]21. The second-order valence-corrected chi connectivity index (χ2v) is 6.91. The number of benzene rings is 1. The Balaban J connectivity index is 1.57. The Labute approximate surface area is 142 Å². The van der Waals surface area contributed by atoms with Crippen molar-refractivity contribution >= 4 is 0 Å². The molecular formula is C19H25N3O2. The average molecular weight is 327 g/mol. The molecule has 5 nitrogen and oxygen atoms in total. The van der Waals surface area contributed by atoms with Crippen LogP contribution in [0.2, 0.25) is 0 Å². The van der Waals surface area contributed by atoms with Crippen LogP contribution in [-0.2, 0) is 24.1 Å². The second-order valence-electron chi connectivity index (χ2n) is 6.91. The van der Waals surface area contributed by atoms with E-state index in [2.05, 4.69) is 23.0 Å². The van der Waals surface area contributed by atoms with Gasteiger partial charge in [0.05, 0.1) is 18.8 Å². The fourth-order valence-electron chi connectivity index (χ4n) is 4.19. The summed E-state index contributed by atoms with van der Waals surface area (Å²) in [5, 5.41) is 14.5. The first-order chi connectivity index (χ1) is 11.7. The number of fused-ring (bicyclic) bond motifs is 2. The standard InChI is InChI=1S/C19H25N3O2/c1-2-8-21-12-15(13-22-9-4-7-20-22)24-19-11-16-14(10-17(19)21)5-3-6-18(16)23/h3-7,9,15,17,19,23H,2,8,10-13H2,1H3/t15-,17-,19-/m1/s1. The molecule has 0 unspecified atom stereocenters. The van der Waals surface area contributed by atoms with Crippen molar-refractivity contribution in [1.82, 2.24) is 14.7 Å². The molecule has 4 rings (SSSR count). The third kappa shape index (κ3) is 2.94. The van der Waals surface area contributed by atoms with E-state index in [9.17, 15) is 5.11 Å². The number of phenolic OH excluding ortho intramolecular Hbond substituents is 1. The van der Waals surface area contributed by atoms with Gasteiger partial charge in [-0.2, -0.15) is 5.10 Å². The zero-order valence-electron chi connectivity index (χ0n) is 14.1. The smallest absolute Gasteiger partial charge is 0.119 e. The van der Waals surface area contributed by atoms with Crippen LogP contribution in [0, 0.1) is 0 Å². The summed E-state index contributed by atoms with van der Waals surface area (Å²) in [4.78, 5) is 2.58. The van der Waals surface area contributed by atoms with E-state index in [4.69, 9.17) is 4.74 Å². The van der Waals surface area contributed by atoms with Crippen molar-refractivity contribution in [1.29, 1.82) is 0 Å². The quantitative estimate of drug-likeness (QED) is 0.936. The Morgan fingerprint density at radius 1 is 1.29 bits per heavy atom. The molecule has 0 spiro atoms. The fourth-order valence-corrected chi connectivity index (χ4v) is 4.19. The number of hydrogen-bond donors (Lipinski definition) is 1. The second kappa shape index (κ2) is 6.57. The van der Waals surface area contributed by atoms with Gasteiger partial charge >= 0.3 is 0 Å². The highest BCUT2D eigenvalue weighted by Gasteiger charge is 2.40. The van der Waals surface area contributed by atoms with Gasteiger partial charge in [0.25, 0.3) is 0 Å². The van der Waals surface area contributed by atoms with Gasteiger partial charge in [0.2, 0.25) is 0 Å². The summed E-state index contributed by atoms with van der Waals surface area (Å²) < 4.78 is 8.39. The van der Waals surface area contributed by atoms with Gasteiger partial charge in [0, 0.05) is 31.4 Å². The predicted molar refractivity (Wildman–Crippen MR) is 92.1 cm³/mol. The fraction of sp³-hybridized carbons (Fsp3) is 0.526. The molecule has 2 heterocycles. The van der Waals surface area contributed by atoms with Crippen LogP contribution in [0.15, 0.2) is 36.7 Å². The monoisotopic (exact) mass is 327 g/mol. The molecular weight excluding hydrogens is 302 g/mol. The molecule has 24 heavy (non-hydrogen) atoms. The van der Waals surface area contributed by atoms with Crippen LogP contribution in [0.1, 0.15) is 24.5 Å². The molecule has 0 amide bonds. The minimum atomic E-state index is 0.144. The van der Waals surface area contributed by atoms with E-state index in [1.807, 2.05) is 29.2 Å². The zero-order valence-corrected chi connectivity index (χ0v) is 14.1. The largest absolute Gasteiger partial charge is 0.508 e. The van der Waals surface area contributed by atoms with Crippen LogP contribution in [0.4, 0.5) is 0 Å². The van der Waals surface area contributed by atoms with Gasteiger partial charge in [-0.1, -0.05) is 19.1 Å². The third-order valence-electron chi connectivity index (χ3n) is 5.25. The van der Waals surface area contributed by atoms with Crippen LogP contribution < -0.4 is 0 Å². The lowest BCUT2D eigenvalue weighted by Gasteiger charge is -2.47. The van der Waals surface area contributed by atoms with Crippen LogP contribution in [0.5, 0.6) is 5.75 Å². The Kier molecular flexibility index (Phi) is 4.29. The number of phenols is 1. The molecule has 1 aliphatic carbocycles. The molecule has 1 aromatic carbocycles. The Bertz CT molecular complexity index is 686. The summed E-state index contributed by atoms with van der Waals surface area (Å²) in [5.74, 6) is 0.408. The van der Waals surface area contributed by atoms with Crippen molar-refractivity contribution in [2.24, 2.45) is 0 Å². The number of aromatic hydroxyl groups is 1. The van der Waals surface area contributed by atoms with Crippen LogP contribution in [0.25, 0.3) is 0 Å². The maximum Gasteiger partial charge on any atom is 0.119 e. The Hall–Kier alpha value is -1.85. The van der Waals surface area contributed by atoms with Gasteiger partial charge in [0.1, 0.15) is 5.75 Å². The molecule has 1 fully saturated rings. The lowest BCUT2D eigenvalue weighted by atomic mass is 9.83. The average Bonchev–Trinajstić information content (AvgIpc) is 3.07. The topological polar surface area (TPSA) is 50.5 Å². The van der Waals surface area contributed by atoms with Gasteiger partial charge in [0.15, 0.2) is 0 Å². The van der Waals surface area contributed by atoms with Crippen LogP contribution in [-0.4, -0.2) is 51.1 Å². The molecule has 1 N–H and O–H groups in total. The third-order valence-corrected chi connectivity index (χ3v) is 5.25. The Morgan fingerprint density at radius 2 is 2.21 bits per heavy atom. The highest BCUT2D eigenvalue weighted by Crippen LogP contribution is 2.35. The molecule has 1 saturated heterocycles. The van der Waals surface area contributed by atoms with E-state index in [0.29, 0.717) is 11.8 Å². The lowest BCUT2D eigenvalue weighted by Crippen LogP contribution is -2.58. The maximum atomic E-state index is 10.2. The number of ether oxygens (including phenoxy) is 1. The summed E-state index contributed by atoms with van der Waals surface area (Å²) in [7, 11) is 0. The van der Waals surface area contributed by atoms with E-state index in [1.54, 1.807) is 6.07 Å². The molecule has 0 bridgehead atoms. The summed E-state index contributed by atoms with van der Waals surface area (Å²) in [6, 6.07) is 8.24. The molecule has 1 aromatic heterocycles. The lowest BCUT2D eigenvalue weighted by molar-refractivity contribution is -0.128. The molecule has 2 aliphatic rings. The van der Waals surface area contributed by atoms with Gasteiger partial charge < -0.3 is 9.84 Å². The van der Waals surface area contributed by atoms with Gasteiger partial charge in [-0.15, -0.1) is 0 Å². The molecule has 0 saturated carbocycles. The van der Waals surface area contributed by atoms with Gasteiger partial charge in [-0.25, -0.2) is 0 Å². The summed E-state index contributed by atoms with van der Waals surface area (Å²) in [6.45, 7) is 5.05. The zero-order chi connectivity index (χ0) is 16.5. The molecule has 3 atom stereocenters. The van der Waals surface area contributed by atoms with Crippen molar-refractivity contribution in [2.45, 2.75) is 51.0 Å². The maximum absolute atomic E-state index is 10.2. The van der Waals surface area contributed by atoms with E-state index >= 15 is 0 Å². The first kappa shape index (κ1) is 15.7. The van der Waals surface area contributed by atoms with Crippen molar-refractivity contribution in [3.8, 4) is 5.75 Å². The summed E-state index contributed by atoms with van der Waals surface area (Å²) >= 11 is 0. The number of aromatic nitrogens is 2. The number of morpholine rings is 1. The van der Waals surface area contributed by atoms with Crippen molar-refractivity contribution < 1.29 is 9.84 Å². The molecule has 128 valence electrons. The first-order valence-corrected chi connectivity index (χ1v) is 8.91. The van der Waals surface area contributed by atoms with Crippen molar-refractivity contribution in [3.63, 3.8) is 0 Å². The first-order valence-electron chi connectivity index (χ1n) is 8.91. The number of hydrogen-bond acceptors (Lipinski definition) is 4. The van der Waals surface area contributed by atoms with Gasteiger partial charge in [-0.3, -0.25) is 9.58 Å². The van der Waals surface area contributed by atoms with Crippen molar-refractivity contribution in [2.75, 3.05) is 13.1 Å². The predicted octanol–water partition coefficient (Wildman–Crippen LogP) is 2.24. The molecule has 0 radical (unpaired) electrons. The highest BCUT2D eigenvalue weighted by atomic mass is 16.5. The summed E-state index contributed by atoms with van der Waals surface area (Å²) in [6.07, 6.45) is 6.99. The van der Waals surface area contributed by atoms with Crippen LogP contribution >= 0.6 is 0 Å². The number of nitrogens with zero attached hydrogens (tertiary/aromatic N) is 3. The molecule has 1 aliphatic heterocycles. The van der Waals surface area contributed by atoms with Gasteiger partial charge in [-0.05, 0) is 42.6 Å². The van der Waals surface area contributed by atoms with Crippen LogP contribution in [0.3, 0.4) is 0 Å². The molecule has 5 heteroatoms. The minimum absolute atomic E-state index is 0.144. The molecule has 2 aromatic rings. The van der Waals surface area contributed by atoms with E-state index < -0.39 is 0 Å².